The SMILES string of the molecule is COC(C)(C)CCn1ccc2c(SC)cc(N)cc21. The van der Waals surface area contributed by atoms with Gasteiger partial charge in [-0.3, -0.25) is 0 Å². The number of rotatable bonds is 5. The zero-order chi connectivity index (χ0) is 14.0. The number of aromatic nitrogens is 1. The predicted octanol–water partition coefficient (Wildman–Crippen LogP) is 3.76. The van der Waals surface area contributed by atoms with Crippen molar-refractivity contribution in [3.05, 3.63) is 24.4 Å². The Kier molecular flexibility index (Phi) is 4.11. The molecule has 0 spiro atoms. The highest BCUT2D eigenvalue weighted by molar-refractivity contribution is 7.98. The largest absolute Gasteiger partial charge is 0.399 e. The zero-order valence-corrected chi connectivity index (χ0v) is 12.9. The second-order valence-electron chi connectivity index (χ2n) is 5.38. The molecule has 0 saturated carbocycles. The second-order valence-corrected chi connectivity index (χ2v) is 6.23. The van der Waals surface area contributed by atoms with Crippen LogP contribution in [-0.2, 0) is 11.3 Å². The number of nitrogen functional groups attached to an aromatic ring is 1. The first-order valence-electron chi connectivity index (χ1n) is 6.44. The van der Waals surface area contributed by atoms with Gasteiger partial charge in [0.15, 0.2) is 0 Å². The normalized spacial score (nSPS) is 12.2. The van der Waals surface area contributed by atoms with E-state index in [1.54, 1.807) is 18.9 Å². The fourth-order valence-corrected chi connectivity index (χ4v) is 2.78. The molecule has 2 N–H and O–H groups in total. The molecule has 0 aliphatic rings. The van der Waals surface area contributed by atoms with E-state index in [0.717, 1.165) is 18.7 Å². The number of hydrogen-bond donors (Lipinski definition) is 1. The number of hydrogen-bond acceptors (Lipinski definition) is 3. The van der Waals surface area contributed by atoms with Crippen LogP contribution in [0.4, 0.5) is 5.69 Å². The summed E-state index contributed by atoms with van der Waals surface area (Å²) >= 11 is 1.74. The van der Waals surface area contributed by atoms with Crippen LogP contribution in [0.1, 0.15) is 20.3 Å². The molecule has 4 heteroatoms. The van der Waals surface area contributed by atoms with E-state index >= 15 is 0 Å². The molecule has 0 bridgehead atoms. The standard InChI is InChI=1S/C15H22N2OS/c1-15(2,18-3)6-8-17-7-5-12-13(17)9-11(16)10-14(12)19-4/h5,7,9-10H,6,8,16H2,1-4H3. The van der Waals surface area contributed by atoms with Gasteiger partial charge in [0.1, 0.15) is 0 Å². The smallest absolute Gasteiger partial charge is 0.0639 e. The maximum Gasteiger partial charge on any atom is 0.0639 e. The van der Waals surface area contributed by atoms with E-state index in [1.165, 1.54) is 15.8 Å². The van der Waals surface area contributed by atoms with E-state index in [4.69, 9.17) is 10.5 Å². The number of methoxy groups -OCH3 is 1. The Labute approximate surface area is 119 Å². The summed E-state index contributed by atoms with van der Waals surface area (Å²) < 4.78 is 7.73. The number of ether oxygens (including phenoxy) is 1. The third-order valence-corrected chi connectivity index (χ3v) is 4.38. The third-order valence-electron chi connectivity index (χ3n) is 3.60. The highest BCUT2D eigenvalue weighted by Crippen LogP contribution is 2.30. The maximum atomic E-state index is 5.99. The van der Waals surface area contributed by atoms with E-state index in [9.17, 15) is 0 Å². The topological polar surface area (TPSA) is 40.2 Å². The minimum Gasteiger partial charge on any atom is -0.399 e. The lowest BCUT2D eigenvalue weighted by Gasteiger charge is -2.23. The third kappa shape index (κ3) is 3.07. The fraction of sp³-hybridized carbons (Fsp3) is 0.467. The molecule has 0 aliphatic heterocycles. The Morgan fingerprint density at radius 1 is 1.37 bits per heavy atom. The molecule has 0 unspecified atom stereocenters. The highest BCUT2D eigenvalue weighted by atomic mass is 32.2. The van der Waals surface area contributed by atoms with Crippen LogP contribution in [0.2, 0.25) is 0 Å². The van der Waals surface area contributed by atoms with Crippen LogP contribution >= 0.6 is 11.8 Å². The Morgan fingerprint density at radius 2 is 2.11 bits per heavy atom. The van der Waals surface area contributed by atoms with Crippen LogP contribution in [0.25, 0.3) is 10.9 Å². The van der Waals surface area contributed by atoms with E-state index < -0.39 is 0 Å². The molecule has 0 fully saturated rings. The first kappa shape index (κ1) is 14.3. The summed E-state index contributed by atoms with van der Waals surface area (Å²) in [6, 6.07) is 6.26. The lowest BCUT2D eigenvalue weighted by atomic mass is 10.1. The number of nitrogens with zero attached hydrogens (tertiary/aromatic N) is 1. The summed E-state index contributed by atoms with van der Waals surface area (Å²) in [7, 11) is 1.76. The minimum atomic E-state index is -0.0980. The number of thioether (sulfide) groups is 1. The van der Waals surface area contributed by atoms with Gasteiger partial charge in [-0.1, -0.05) is 0 Å². The summed E-state index contributed by atoms with van der Waals surface area (Å²) in [6.45, 7) is 5.16. The lowest BCUT2D eigenvalue weighted by Crippen LogP contribution is -2.24. The van der Waals surface area contributed by atoms with Crippen LogP contribution in [-0.4, -0.2) is 23.5 Å². The number of benzene rings is 1. The average molecular weight is 278 g/mol. The predicted molar refractivity (Wildman–Crippen MR) is 83.8 cm³/mol. The van der Waals surface area contributed by atoms with Crippen LogP contribution in [0, 0.1) is 0 Å². The first-order chi connectivity index (χ1) is 8.96. The van der Waals surface area contributed by atoms with Crippen molar-refractivity contribution in [1.29, 1.82) is 0 Å². The molecule has 0 radical (unpaired) electrons. The van der Waals surface area contributed by atoms with Crippen LogP contribution < -0.4 is 5.73 Å². The van der Waals surface area contributed by atoms with Gasteiger partial charge in [0.25, 0.3) is 0 Å². The number of aryl methyl sites for hydroxylation is 1. The number of anilines is 1. The molecule has 0 atom stereocenters. The van der Waals surface area contributed by atoms with Gasteiger partial charge >= 0.3 is 0 Å². The van der Waals surface area contributed by atoms with Crippen molar-refractivity contribution in [3.63, 3.8) is 0 Å². The Balaban J connectivity index is 2.32. The summed E-state index contributed by atoms with van der Waals surface area (Å²) in [5, 5.41) is 1.27. The molecule has 0 saturated heterocycles. The Bertz CT molecular complexity index is 575. The van der Waals surface area contributed by atoms with Crippen LogP contribution in [0.15, 0.2) is 29.3 Å². The quantitative estimate of drug-likeness (QED) is 0.668. The molecular weight excluding hydrogens is 256 g/mol. The van der Waals surface area contributed by atoms with Gasteiger partial charge in [0.2, 0.25) is 0 Å². The molecule has 1 heterocycles. The fourth-order valence-electron chi connectivity index (χ4n) is 2.14. The Hall–Kier alpha value is -1.13. The molecule has 2 rings (SSSR count). The highest BCUT2D eigenvalue weighted by Gasteiger charge is 2.16. The summed E-state index contributed by atoms with van der Waals surface area (Å²) in [5.41, 5.74) is 7.91. The molecule has 1 aromatic heterocycles. The van der Waals surface area contributed by atoms with Gasteiger partial charge in [0, 0.05) is 35.8 Å². The maximum absolute atomic E-state index is 5.99. The minimum absolute atomic E-state index is 0.0980. The van der Waals surface area contributed by atoms with E-state index in [0.29, 0.717) is 0 Å². The van der Waals surface area contributed by atoms with Gasteiger partial charge in [-0.05, 0) is 44.7 Å². The molecule has 2 aromatic rings. The van der Waals surface area contributed by atoms with Crippen LogP contribution in [0.5, 0.6) is 0 Å². The summed E-state index contributed by atoms with van der Waals surface area (Å²) in [5.74, 6) is 0. The van der Waals surface area contributed by atoms with Gasteiger partial charge in [-0.15, -0.1) is 11.8 Å². The molecule has 0 amide bonds. The number of fused-ring (bicyclic) bond motifs is 1. The van der Waals surface area contributed by atoms with E-state index in [-0.39, 0.29) is 5.60 Å². The van der Waals surface area contributed by atoms with Gasteiger partial charge in [-0.2, -0.15) is 0 Å². The van der Waals surface area contributed by atoms with Crippen molar-refractivity contribution in [2.24, 2.45) is 0 Å². The average Bonchev–Trinajstić information content (AvgIpc) is 2.78. The van der Waals surface area contributed by atoms with E-state index in [2.05, 4.69) is 43.0 Å². The van der Waals surface area contributed by atoms with Gasteiger partial charge in [0.05, 0.1) is 11.1 Å². The molecule has 0 aliphatic carbocycles. The van der Waals surface area contributed by atoms with Crippen molar-refractivity contribution < 1.29 is 4.74 Å². The monoisotopic (exact) mass is 278 g/mol. The second kappa shape index (κ2) is 5.47. The van der Waals surface area contributed by atoms with Crippen LogP contribution in [0.3, 0.4) is 0 Å². The zero-order valence-electron chi connectivity index (χ0n) is 12.1. The van der Waals surface area contributed by atoms with Crippen molar-refractivity contribution in [1.82, 2.24) is 4.57 Å². The van der Waals surface area contributed by atoms with Crippen molar-refractivity contribution in [3.8, 4) is 0 Å². The molecule has 1 aromatic carbocycles. The Morgan fingerprint density at radius 3 is 2.74 bits per heavy atom. The molecule has 104 valence electrons. The molecular formula is C15H22N2OS. The summed E-state index contributed by atoms with van der Waals surface area (Å²) in [4.78, 5) is 1.24. The molecule has 19 heavy (non-hydrogen) atoms. The van der Waals surface area contributed by atoms with Gasteiger partial charge < -0.3 is 15.0 Å². The summed E-state index contributed by atoms with van der Waals surface area (Å²) in [6.07, 6.45) is 5.19. The molecule has 3 nitrogen and oxygen atoms in total. The van der Waals surface area contributed by atoms with Crippen molar-refractivity contribution in [2.45, 2.75) is 37.3 Å². The van der Waals surface area contributed by atoms with Crippen molar-refractivity contribution in [2.75, 3.05) is 19.1 Å². The first-order valence-corrected chi connectivity index (χ1v) is 7.67. The van der Waals surface area contributed by atoms with E-state index in [1.807, 2.05) is 6.07 Å². The van der Waals surface area contributed by atoms with Gasteiger partial charge in [-0.25, -0.2) is 0 Å². The number of nitrogens with two attached hydrogens (primary N) is 1. The lowest BCUT2D eigenvalue weighted by molar-refractivity contribution is 0.0123. The van der Waals surface area contributed by atoms with Crippen molar-refractivity contribution >= 4 is 28.4 Å².